The summed E-state index contributed by atoms with van der Waals surface area (Å²) >= 11 is 6.11. The molecule has 28 heavy (non-hydrogen) atoms. The Morgan fingerprint density at radius 3 is 2.36 bits per heavy atom. The molecule has 1 aliphatic heterocycles. The Hall–Kier alpha value is -2.92. The lowest BCUT2D eigenvalue weighted by molar-refractivity contribution is -0.122. The second kappa shape index (κ2) is 7.24. The van der Waals surface area contributed by atoms with Crippen molar-refractivity contribution >= 4 is 40.7 Å². The fraction of sp³-hybridized carbons (Fsp3) is 0.227. The molecule has 1 fully saturated rings. The summed E-state index contributed by atoms with van der Waals surface area (Å²) in [7, 11) is 0. The van der Waals surface area contributed by atoms with Gasteiger partial charge in [-0.1, -0.05) is 35.9 Å². The number of allylic oxidation sites excluding steroid dienone is 2. The van der Waals surface area contributed by atoms with Crippen LogP contribution >= 0.6 is 11.6 Å². The van der Waals surface area contributed by atoms with Crippen LogP contribution < -0.4 is 10.2 Å². The molecule has 2 atom stereocenters. The van der Waals surface area contributed by atoms with E-state index in [9.17, 15) is 14.4 Å². The maximum atomic E-state index is 12.8. The predicted molar refractivity (Wildman–Crippen MR) is 108 cm³/mol. The van der Waals surface area contributed by atoms with Gasteiger partial charge in [-0.3, -0.25) is 19.3 Å². The molecule has 4 rings (SSSR count). The van der Waals surface area contributed by atoms with Crippen LogP contribution in [0.25, 0.3) is 0 Å². The lowest BCUT2D eigenvalue weighted by Gasteiger charge is -2.16. The van der Waals surface area contributed by atoms with E-state index in [4.69, 9.17) is 11.6 Å². The number of amides is 3. The molecule has 3 amide bonds. The molecule has 5 nitrogen and oxygen atoms in total. The molecule has 2 aliphatic rings. The second-order valence-electron chi connectivity index (χ2n) is 7.08. The van der Waals surface area contributed by atoms with Crippen LogP contribution in [-0.4, -0.2) is 17.7 Å². The molecular formula is C22H19ClN2O3. The summed E-state index contributed by atoms with van der Waals surface area (Å²) in [5.41, 5.74) is 2.19. The average molecular weight is 395 g/mol. The van der Waals surface area contributed by atoms with Gasteiger partial charge in [0.2, 0.25) is 11.8 Å². The van der Waals surface area contributed by atoms with E-state index < -0.39 is 0 Å². The number of hydrogen-bond donors (Lipinski definition) is 1. The molecule has 6 heteroatoms. The lowest BCUT2D eigenvalue weighted by atomic mass is 9.85. The molecule has 1 aliphatic carbocycles. The minimum atomic E-state index is -0.328. The van der Waals surface area contributed by atoms with Gasteiger partial charge >= 0.3 is 0 Å². The quantitative estimate of drug-likeness (QED) is 0.621. The van der Waals surface area contributed by atoms with Crippen LogP contribution in [0.15, 0.2) is 54.6 Å². The van der Waals surface area contributed by atoms with Crippen molar-refractivity contribution in [3.05, 3.63) is 70.8 Å². The van der Waals surface area contributed by atoms with Crippen LogP contribution in [0.4, 0.5) is 11.4 Å². The Bertz CT molecular complexity index is 989. The molecule has 2 aromatic carbocycles. The molecule has 0 aromatic heterocycles. The Morgan fingerprint density at radius 2 is 1.68 bits per heavy atom. The van der Waals surface area contributed by atoms with Gasteiger partial charge in [0.15, 0.2) is 0 Å². The number of rotatable bonds is 3. The molecule has 0 spiro atoms. The number of imide groups is 1. The number of benzene rings is 2. The van der Waals surface area contributed by atoms with Crippen LogP contribution in [-0.2, 0) is 9.59 Å². The topological polar surface area (TPSA) is 66.5 Å². The molecule has 0 saturated carbocycles. The highest BCUT2D eigenvalue weighted by Gasteiger charge is 2.47. The smallest absolute Gasteiger partial charge is 0.255 e. The first-order chi connectivity index (χ1) is 13.5. The first kappa shape index (κ1) is 18.4. The monoisotopic (exact) mass is 394 g/mol. The van der Waals surface area contributed by atoms with Crippen molar-refractivity contribution in [3.63, 3.8) is 0 Å². The molecule has 2 aromatic rings. The fourth-order valence-electron chi connectivity index (χ4n) is 3.78. The van der Waals surface area contributed by atoms with E-state index in [2.05, 4.69) is 5.32 Å². The Labute approximate surface area is 168 Å². The highest BCUT2D eigenvalue weighted by molar-refractivity contribution is 6.31. The number of carbonyl (C=O) groups excluding carboxylic acids is 3. The third-order valence-electron chi connectivity index (χ3n) is 5.39. The van der Waals surface area contributed by atoms with Gasteiger partial charge in [-0.25, -0.2) is 0 Å². The molecule has 0 unspecified atom stereocenters. The summed E-state index contributed by atoms with van der Waals surface area (Å²) in [4.78, 5) is 39.5. The van der Waals surface area contributed by atoms with Crippen molar-refractivity contribution in [2.24, 2.45) is 11.8 Å². The molecule has 142 valence electrons. The maximum Gasteiger partial charge on any atom is 0.255 e. The first-order valence-corrected chi connectivity index (χ1v) is 9.54. The Morgan fingerprint density at radius 1 is 1.04 bits per heavy atom. The van der Waals surface area contributed by atoms with Crippen molar-refractivity contribution < 1.29 is 14.4 Å². The number of nitrogens with one attached hydrogen (secondary N) is 1. The highest BCUT2D eigenvalue weighted by atomic mass is 35.5. The van der Waals surface area contributed by atoms with Crippen molar-refractivity contribution in [1.29, 1.82) is 0 Å². The minimum absolute atomic E-state index is 0.192. The first-order valence-electron chi connectivity index (χ1n) is 9.16. The van der Waals surface area contributed by atoms with E-state index >= 15 is 0 Å². The summed E-state index contributed by atoms with van der Waals surface area (Å²) in [6, 6.07) is 11.9. The molecule has 1 saturated heterocycles. The van der Waals surface area contributed by atoms with E-state index in [1.807, 2.05) is 19.1 Å². The van der Waals surface area contributed by atoms with Crippen molar-refractivity contribution in [1.82, 2.24) is 0 Å². The van der Waals surface area contributed by atoms with Crippen LogP contribution in [0.1, 0.15) is 28.8 Å². The number of anilines is 2. The third-order valence-corrected chi connectivity index (χ3v) is 5.80. The van der Waals surface area contributed by atoms with Gasteiger partial charge in [-0.15, -0.1) is 0 Å². The van der Waals surface area contributed by atoms with Crippen LogP contribution in [0, 0.1) is 18.8 Å². The molecule has 0 radical (unpaired) electrons. The molecule has 0 bridgehead atoms. The summed E-state index contributed by atoms with van der Waals surface area (Å²) in [5.74, 6) is -1.32. The predicted octanol–water partition coefficient (Wildman–Crippen LogP) is 4.36. The van der Waals surface area contributed by atoms with Gasteiger partial charge < -0.3 is 5.32 Å². The van der Waals surface area contributed by atoms with Gasteiger partial charge in [-0.05, 0) is 55.7 Å². The van der Waals surface area contributed by atoms with Crippen LogP contribution in [0.5, 0.6) is 0 Å². The Balaban J connectivity index is 1.60. The number of hydrogen-bond acceptors (Lipinski definition) is 3. The van der Waals surface area contributed by atoms with E-state index in [1.54, 1.807) is 42.5 Å². The van der Waals surface area contributed by atoms with E-state index in [0.29, 0.717) is 34.8 Å². The van der Waals surface area contributed by atoms with E-state index in [-0.39, 0.29) is 29.6 Å². The largest absolute Gasteiger partial charge is 0.322 e. The highest BCUT2D eigenvalue weighted by Crippen LogP contribution is 2.37. The molecule has 1 N–H and O–H groups in total. The van der Waals surface area contributed by atoms with Crippen molar-refractivity contribution in [3.8, 4) is 0 Å². The second-order valence-corrected chi connectivity index (χ2v) is 7.49. The zero-order valence-corrected chi connectivity index (χ0v) is 16.1. The van der Waals surface area contributed by atoms with Gasteiger partial charge in [0.1, 0.15) is 0 Å². The van der Waals surface area contributed by atoms with Gasteiger partial charge in [0.25, 0.3) is 5.91 Å². The standard InChI is InChI=1S/C22H19ClN2O3/c1-13-18(23)10-5-11-19(13)24-20(26)14-6-4-7-15(12-14)25-21(27)16-8-2-3-9-17(16)22(25)28/h2-7,10-12,16-17H,8-9H2,1H3,(H,24,26)/t16-,17-/m0/s1. The number of nitrogens with zero attached hydrogens (tertiary/aromatic N) is 1. The lowest BCUT2D eigenvalue weighted by Crippen LogP contribution is -2.31. The normalized spacial score (nSPS) is 21.0. The number of fused-ring (bicyclic) bond motifs is 1. The zero-order valence-electron chi connectivity index (χ0n) is 15.3. The van der Waals surface area contributed by atoms with Gasteiger partial charge in [-0.2, -0.15) is 0 Å². The van der Waals surface area contributed by atoms with Gasteiger partial charge in [0, 0.05) is 16.3 Å². The summed E-state index contributed by atoms with van der Waals surface area (Å²) in [5, 5.41) is 3.40. The van der Waals surface area contributed by atoms with Gasteiger partial charge in [0.05, 0.1) is 17.5 Å². The maximum absolute atomic E-state index is 12.8. The molecule has 1 heterocycles. The third kappa shape index (κ3) is 3.12. The zero-order chi connectivity index (χ0) is 19.8. The van der Waals surface area contributed by atoms with Crippen LogP contribution in [0.3, 0.4) is 0 Å². The average Bonchev–Trinajstić information content (AvgIpc) is 2.96. The van der Waals surface area contributed by atoms with Crippen molar-refractivity contribution in [2.45, 2.75) is 19.8 Å². The van der Waals surface area contributed by atoms with Crippen LogP contribution in [0.2, 0.25) is 5.02 Å². The summed E-state index contributed by atoms with van der Waals surface area (Å²) < 4.78 is 0. The summed E-state index contributed by atoms with van der Waals surface area (Å²) in [6.07, 6.45) is 5.07. The Kier molecular flexibility index (Phi) is 4.77. The number of carbonyl (C=O) groups is 3. The molecular weight excluding hydrogens is 376 g/mol. The van der Waals surface area contributed by atoms with E-state index in [0.717, 1.165) is 5.56 Å². The minimum Gasteiger partial charge on any atom is -0.322 e. The number of halogens is 1. The van der Waals surface area contributed by atoms with Crippen molar-refractivity contribution in [2.75, 3.05) is 10.2 Å². The summed E-state index contributed by atoms with van der Waals surface area (Å²) in [6.45, 7) is 1.83. The fourth-order valence-corrected chi connectivity index (χ4v) is 3.95. The SMILES string of the molecule is Cc1c(Cl)cccc1NC(=O)c1cccc(N2C(=O)[C@H]3CC=CC[C@@H]3C2=O)c1. The van der Waals surface area contributed by atoms with E-state index in [1.165, 1.54) is 4.90 Å².